The Kier molecular flexibility index (Phi) is 4.22. The molecule has 0 aromatic heterocycles. The Bertz CT molecular complexity index is 242. The molecule has 2 fully saturated rings. The summed E-state index contributed by atoms with van der Waals surface area (Å²) in [4.78, 5) is 11.7. The van der Waals surface area contributed by atoms with Gasteiger partial charge in [-0.2, -0.15) is 0 Å². The van der Waals surface area contributed by atoms with Gasteiger partial charge in [0.05, 0.1) is 0 Å². The molecule has 3 heteroatoms. The first-order valence-corrected chi connectivity index (χ1v) is 6.55. The molecule has 0 aromatic rings. The number of nitrogens with one attached hydrogen (secondary N) is 1. The molecule has 2 bridgehead atoms. The summed E-state index contributed by atoms with van der Waals surface area (Å²) in [6.45, 7) is 1.49. The molecule has 2 rings (SSSR count). The minimum absolute atomic E-state index is 0.244. The number of hydrogen-bond acceptors (Lipinski definition) is 2. The minimum atomic E-state index is 0.244. The molecule has 3 atom stereocenters. The Labute approximate surface area is 97.9 Å². The van der Waals surface area contributed by atoms with Gasteiger partial charge in [0, 0.05) is 26.7 Å². The predicted octanol–water partition coefficient (Wildman–Crippen LogP) is 1.97. The fourth-order valence-electron chi connectivity index (χ4n) is 3.38. The van der Waals surface area contributed by atoms with Crippen LogP contribution in [0.4, 0.5) is 0 Å². The molecule has 0 saturated heterocycles. The number of fused-ring (bicyclic) bond motifs is 2. The predicted molar refractivity (Wildman–Crippen MR) is 63.1 cm³/mol. The molecule has 0 spiro atoms. The number of carbonyl (C=O) groups excluding carboxylic acids is 1. The van der Waals surface area contributed by atoms with Gasteiger partial charge >= 0.3 is 0 Å². The van der Waals surface area contributed by atoms with Crippen molar-refractivity contribution in [1.29, 1.82) is 0 Å². The highest BCUT2D eigenvalue weighted by molar-refractivity contribution is 5.76. The summed E-state index contributed by atoms with van der Waals surface area (Å²) in [6, 6.07) is 0. The monoisotopic (exact) mass is 225 g/mol. The molecule has 2 aliphatic carbocycles. The van der Waals surface area contributed by atoms with Crippen LogP contribution in [0.25, 0.3) is 0 Å². The summed E-state index contributed by atoms with van der Waals surface area (Å²) in [7, 11) is 1.69. The average molecular weight is 225 g/mol. The molecular weight excluding hydrogens is 202 g/mol. The Hall–Kier alpha value is -0.570. The second-order valence-corrected chi connectivity index (χ2v) is 5.34. The van der Waals surface area contributed by atoms with E-state index in [0.29, 0.717) is 5.92 Å². The zero-order valence-corrected chi connectivity index (χ0v) is 10.2. The molecule has 0 aliphatic heterocycles. The van der Waals surface area contributed by atoms with Crippen molar-refractivity contribution in [3.8, 4) is 0 Å². The van der Waals surface area contributed by atoms with Gasteiger partial charge in [0.25, 0.3) is 0 Å². The van der Waals surface area contributed by atoms with Crippen LogP contribution >= 0.6 is 0 Å². The van der Waals surface area contributed by atoms with Crippen molar-refractivity contribution in [2.75, 3.05) is 20.3 Å². The molecule has 0 radical (unpaired) electrons. The van der Waals surface area contributed by atoms with Gasteiger partial charge in [-0.25, -0.2) is 0 Å². The van der Waals surface area contributed by atoms with Gasteiger partial charge in [-0.15, -0.1) is 0 Å². The smallest absolute Gasteiger partial charge is 0.220 e. The van der Waals surface area contributed by atoms with Crippen molar-refractivity contribution in [1.82, 2.24) is 5.32 Å². The van der Waals surface area contributed by atoms with Crippen LogP contribution in [0.15, 0.2) is 0 Å². The fraction of sp³-hybridized carbons (Fsp3) is 0.923. The third kappa shape index (κ3) is 2.97. The summed E-state index contributed by atoms with van der Waals surface area (Å²) in [5.74, 6) is 2.72. The maximum Gasteiger partial charge on any atom is 0.220 e. The SMILES string of the molecule is COCCCNC(=O)C[C@H]1C[C@H]2CC[C@H]1C2. The maximum atomic E-state index is 11.7. The molecule has 0 heterocycles. The van der Waals surface area contributed by atoms with Crippen LogP contribution in [0.2, 0.25) is 0 Å². The van der Waals surface area contributed by atoms with E-state index in [1.54, 1.807) is 7.11 Å². The van der Waals surface area contributed by atoms with E-state index in [1.165, 1.54) is 25.7 Å². The first-order valence-electron chi connectivity index (χ1n) is 6.55. The summed E-state index contributed by atoms with van der Waals surface area (Å²) in [6.07, 6.45) is 7.15. The van der Waals surface area contributed by atoms with Crippen LogP contribution in [0.3, 0.4) is 0 Å². The van der Waals surface area contributed by atoms with Crippen LogP contribution in [0.5, 0.6) is 0 Å². The lowest BCUT2D eigenvalue weighted by molar-refractivity contribution is -0.122. The van der Waals surface area contributed by atoms with Crippen molar-refractivity contribution >= 4 is 5.91 Å². The summed E-state index contributed by atoms with van der Waals surface area (Å²) in [5.41, 5.74) is 0. The van der Waals surface area contributed by atoms with Crippen molar-refractivity contribution < 1.29 is 9.53 Å². The Morgan fingerprint density at radius 3 is 2.88 bits per heavy atom. The standard InChI is InChI=1S/C13H23NO2/c1-16-6-2-5-14-13(15)9-12-8-10-3-4-11(12)7-10/h10-12H,2-9H2,1H3,(H,14,15)/t10-,11-,12+/m0/s1. The van der Waals surface area contributed by atoms with Crippen molar-refractivity contribution in [3.05, 3.63) is 0 Å². The lowest BCUT2D eigenvalue weighted by Gasteiger charge is -2.20. The van der Waals surface area contributed by atoms with E-state index >= 15 is 0 Å². The van der Waals surface area contributed by atoms with Crippen LogP contribution in [-0.2, 0) is 9.53 Å². The summed E-state index contributed by atoms with van der Waals surface area (Å²) >= 11 is 0. The average Bonchev–Trinajstić information content (AvgIpc) is 2.86. The molecule has 3 nitrogen and oxygen atoms in total. The van der Waals surface area contributed by atoms with E-state index in [4.69, 9.17) is 4.74 Å². The molecular formula is C13H23NO2. The van der Waals surface area contributed by atoms with E-state index < -0.39 is 0 Å². The molecule has 0 unspecified atom stereocenters. The summed E-state index contributed by atoms with van der Waals surface area (Å²) in [5, 5.41) is 2.98. The molecule has 92 valence electrons. The number of ether oxygens (including phenoxy) is 1. The van der Waals surface area contributed by atoms with Crippen LogP contribution in [0, 0.1) is 17.8 Å². The van der Waals surface area contributed by atoms with Crippen LogP contribution in [-0.4, -0.2) is 26.2 Å². The highest BCUT2D eigenvalue weighted by Gasteiger charge is 2.39. The summed E-state index contributed by atoms with van der Waals surface area (Å²) < 4.78 is 4.95. The van der Waals surface area contributed by atoms with E-state index in [9.17, 15) is 4.79 Å². The minimum Gasteiger partial charge on any atom is -0.385 e. The number of amides is 1. The van der Waals surface area contributed by atoms with Crippen molar-refractivity contribution in [2.24, 2.45) is 17.8 Å². The van der Waals surface area contributed by atoms with Gasteiger partial charge in [-0.3, -0.25) is 4.79 Å². The highest BCUT2D eigenvalue weighted by Crippen LogP contribution is 2.49. The Morgan fingerprint density at radius 2 is 2.25 bits per heavy atom. The van der Waals surface area contributed by atoms with Gasteiger partial charge < -0.3 is 10.1 Å². The van der Waals surface area contributed by atoms with Gasteiger partial charge in [0.2, 0.25) is 5.91 Å². The zero-order chi connectivity index (χ0) is 11.4. The van der Waals surface area contributed by atoms with E-state index in [2.05, 4.69) is 5.32 Å². The zero-order valence-electron chi connectivity index (χ0n) is 10.2. The Balaban J connectivity index is 1.60. The Morgan fingerprint density at radius 1 is 1.38 bits per heavy atom. The number of rotatable bonds is 6. The topological polar surface area (TPSA) is 38.3 Å². The van der Waals surface area contributed by atoms with Gasteiger partial charge in [0.1, 0.15) is 0 Å². The number of methoxy groups -OCH3 is 1. The lowest BCUT2D eigenvalue weighted by Crippen LogP contribution is -2.28. The van der Waals surface area contributed by atoms with E-state index in [-0.39, 0.29) is 5.91 Å². The second-order valence-electron chi connectivity index (χ2n) is 5.34. The third-order valence-corrected chi connectivity index (χ3v) is 4.18. The second kappa shape index (κ2) is 5.67. The highest BCUT2D eigenvalue weighted by atomic mass is 16.5. The number of hydrogen-bond donors (Lipinski definition) is 1. The van der Waals surface area contributed by atoms with Gasteiger partial charge in [-0.05, 0) is 43.4 Å². The van der Waals surface area contributed by atoms with Crippen molar-refractivity contribution in [3.63, 3.8) is 0 Å². The molecule has 1 amide bonds. The normalized spacial score (nSPS) is 31.9. The molecule has 16 heavy (non-hydrogen) atoms. The van der Waals surface area contributed by atoms with Crippen LogP contribution in [0.1, 0.15) is 38.5 Å². The molecule has 0 aromatic carbocycles. The van der Waals surface area contributed by atoms with Gasteiger partial charge in [0.15, 0.2) is 0 Å². The molecule has 2 saturated carbocycles. The maximum absolute atomic E-state index is 11.7. The first kappa shape index (κ1) is 11.9. The fourth-order valence-corrected chi connectivity index (χ4v) is 3.38. The third-order valence-electron chi connectivity index (χ3n) is 4.18. The number of carbonyl (C=O) groups is 1. The lowest BCUT2D eigenvalue weighted by atomic mass is 9.86. The van der Waals surface area contributed by atoms with Gasteiger partial charge in [-0.1, -0.05) is 6.42 Å². The first-order chi connectivity index (χ1) is 7.79. The molecule has 2 aliphatic rings. The van der Waals surface area contributed by atoms with E-state index in [1.807, 2.05) is 0 Å². The quantitative estimate of drug-likeness (QED) is 0.702. The van der Waals surface area contributed by atoms with Crippen molar-refractivity contribution in [2.45, 2.75) is 38.5 Å². The molecule has 1 N–H and O–H groups in total. The largest absolute Gasteiger partial charge is 0.385 e. The van der Waals surface area contributed by atoms with Crippen LogP contribution < -0.4 is 5.32 Å². The van der Waals surface area contributed by atoms with E-state index in [0.717, 1.165) is 37.8 Å².